The van der Waals surface area contributed by atoms with Crippen LogP contribution in [0.5, 0.6) is 0 Å². The number of hydrogen-bond donors (Lipinski definition) is 3. The van der Waals surface area contributed by atoms with Crippen LogP contribution in [0.15, 0.2) is 6.33 Å². The fourth-order valence-corrected chi connectivity index (χ4v) is 2.36. The summed E-state index contributed by atoms with van der Waals surface area (Å²) < 4.78 is 25.0. The van der Waals surface area contributed by atoms with Crippen LogP contribution in [0.1, 0.15) is 6.23 Å². The lowest BCUT2D eigenvalue weighted by Crippen LogP contribution is -2.33. The molecular formula is C11H14FN5O4. The fraction of sp³-hybridized carbons (Fsp3) is 0.545. The summed E-state index contributed by atoms with van der Waals surface area (Å²) in [5.41, 5.74) is 5.84. The van der Waals surface area contributed by atoms with E-state index < -0.39 is 30.6 Å². The molecule has 0 aliphatic carbocycles. The van der Waals surface area contributed by atoms with Gasteiger partial charge in [-0.3, -0.25) is 4.57 Å². The highest BCUT2D eigenvalue weighted by atomic mass is 19.1. The molecule has 0 saturated carbocycles. The lowest BCUT2D eigenvalue weighted by Gasteiger charge is -2.16. The molecule has 2 aromatic rings. The maximum atomic E-state index is 13.3. The van der Waals surface area contributed by atoms with Crippen molar-refractivity contribution < 1.29 is 24.1 Å². The Labute approximate surface area is 118 Å². The second kappa shape index (κ2) is 5.15. The van der Waals surface area contributed by atoms with E-state index in [1.54, 1.807) is 0 Å². The summed E-state index contributed by atoms with van der Waals surface area (Å²) in [6.07, 6.45) is -3.78. The quantitative estimate of drug-likeness (QED) is 0.604. The van der Waals surface area contributed by atoms with Gasteiger partial charge in [0.25, 0.3) is 0 Å². The molecule has 0 aromatic carbocycles. The first-order valence-corrected chi connectivity index (χ1v) is 6.19. The lowest BCUT2D eigenvalue weighted by atomic mass is 10.1. The first-order chi connectivity index (χ1) is 10.0. The maximum Gasteiger partial charge on any atom is 0.312 e. The van der Waals surface area contributed by atoms with Crippen molar-refractivity contribution >= 4 is 17.0 Å². The zero-order valence-corrected chi connectivity index (χ0v) is 11.0. The number of fused-ring (bicyclic) bond motifs is 1. The average molecular weight is 299 g/mol. The number of aromatic nitrogens is 4. The molecule has 0 radical (unpaired) electrons. The van der Waals surface area contributed by atoms with Gasteiger partial charge in [0.05, 0.1) is 12.9 Å². The van der Waals surface area contributed by atoms with E-state index in [9.17, 15) is 14.6 Å². The van der Waals surface area contributed by atoms with E-state index in [4.69, 9.17) is 15.2 Å². The summed E-state index contributed by atoms with van der Waals surface area (Å²) in [7, 11) is 1.45. The van der Waals surface area contributed by atoms with E-state index >= 15 is 0 Å². The molecule has 3 rings (SSSR count). The van der Waals surface area contributed by atoms with E-state index in [0.29, 0.717) is 0 Å². The fourth-order valence-electron chi connectivity index (χ4n) is 2.36. The van der Waals surface area contributed by atoms with Crippen LogP contribution in [0.25, 0.3) is 11.2 Å². The van der Waals surface area contributed by atoms with Crippen molar-refractivity contribution in [2.24, 2.45) is 0 Å². The molecule has 4 atom stereocenters. The third kappa shape index (κ3) is 2.21. The highest BCUT2D eigenvalue weighted by Gasteiger charge is 2.44. The van der Waals surface area contributed by atoms with Gasteiger partial charge in [-0.15, -0.1) is 0 Å². The maximum absolute atomic E-state index is 13.3. The molecule has 21 heavy (non-hydrogen) atoms. The van der Waals surface area contributed by atoms with Gasteiger partial charge in [-0.25, -0.2) is 4.98 Å². The van der Waals surface area contributed by atoms with Crippen LogP contribution in [0, 0.1) is 6.08 Å². The van der Waals surface area contributed by atoms with Crippen LogP contribution in [0.3, 0.4) is 0 Å². The van der Waals surface area contributed by atoms with E-state index in [2.05, 4.69) is 15.0 Å². The molecule has 0 spiro atoms. The summed E-state index contributed by atoms with van der Waals surface area (Å²) in [6.45, 7) is 0.104. The van der Waals surface area contributed by atoms with Gasteiger partial charge in [0.1, 0.15) is 18.3 Å². The third-order valence-electron chi connectivity index (χ3n) is 3.36. The molecule has 1 saturated heterocycles. The Balaban J connectivity index is 2.01. The van der Waals surface area contributed by atoms with Gasteiger partial charge in [0.2, 0.25) is 0 Å². The zero-order chi connectivity index (χ0) is 15.1. The Hall–Kier alpha value is -1.88. The van der Waals surface area contributed by atoms with Crippen molar-refractivity contribution in [1.82, 2.24) is 19.5 Å². The molecule has 4 N–H and O–H groups in total. The molecular weight excluding hydrogens is 285 g/mol. The van der Waals surface area contributed by atoms with Crippen molar-refractivity contribution in [2.75, 3.05) is 19.5 Å². The lowest BCUT2D eigenvalue weighted by molar-refractivity contribution is -0.0580. The predicted octanol–water partition coefficient (Wildman–Crippen LogP) is -1.19. The molecule has 10 heteroatoms. The number of halogens is 1. The van der Waals surface area contributed by atoms with Crippen molar-refractivity contribution in [3.8, 4) is 0 Å². The van der Waals surface area contributed by atoms with Crippen LogP contribution >= 0.6 is 0 Å². The predicted molar refractivity (Wildman–Crippen MR) is 67.5 cm³/mol. The largest absolute Gasteiger partial charge is 0.387 e. The zero-order valence-electron chi connectivity index (χ0n) is 11.0. The molecule has 1 aliphatic heterocycles. The molecule has 1 fully saturated rings. The summed E-state index contributed by atoms with van der Waals surface area (Å²) >= 11 is 0. The smallest absolute Gasteiger partial charge is 0.312 e. The number of nitrogens with zero attached hydrogens (tertiary/aromatic N) is 4. The van der Waals surface area contributed by atoms with Gasteiger partial charge in [-0.05, 0) is 0 Å². The normalized spacial score (nSPS) is 29.3. The van der Waals surface area contributed by atoms with Crippen molar-refractivity contribution in [3.05, 3.63) is 12.4 Å². The van der Waals surface area contributed by atoms with E-state index in [1.807, 2.05) is 0 Å². The Morgan fingerprint density at radius 1 is 1.43 bits per heavy atom. The minimum absolute atomic E-state index is 0.0781. The second-order valence-electron chi connectivity index (χ2n) is 4.70. The number of nitrogen functional groups attached to an aromatic ring is 1. The highest BCUT2D eigenvalue weighted by molar-refractivity contribution is 5.81. The number of anilines is 1. The van der Waals surface area contributed by atoms with Gasteiger partial charge >= 0.3 is 6.08 Å². The van der Waals surface area contributed by atoms with E-state index in [1.165, 1.54) is 18.0 Å². The monoisotopic (exact) mass is 299 g/mol. The van der Waals surface area contributed by atoms with Crippen molar-refractivity contribution in [3.63, 3.8) is 0 Å². The molecule has 0 unspecified atom stereocenters. The number of nitrogens with two attached hydrogens (primary N) is 1. The number of aliphatic hydroxyl groups is 2. The number of ether oxygens (including phenoxy) is 2. The van der Waals surface area contributed by atoms with Crippen LogP contribution in [-0.4, -0.2) is 61.8 Å². The molecule has 0 bridgehead atoms. The van der Waals surface area contributed by atoms with Crippen molar-refractivity contribution in [1.29, 1.82) is 0 Å². The van der Waals surface area contributed by atoms with Gasteiger partial charge in [-0.1, -0.05) is 0 Å². The summed E-state index contributed by atoms with van der Waals surface area (Å²) in [5, 5.41) is 20.0. The number of hydrogen-bond acceptors (Lipinski definition) is 8. The number of rotatable bonds is 3. The van der Waals surface area contributed by atoms with Crippen LogP contribution in [0.4, 0.5) is 10.2 Å². The van der Waals surface area contributed by atoms with E-state index in [0.717, 1.165) is 0 Å². The molecule has 9 nitrogen and oxygen atoms in total. The summed E-state index contributed by atoms with van der Waals surface area (Å²) in [4.78, 5) is 11.0. The highest BCUT2D eigenvalue weighted by Crippen LogP contribution is 2.32. The average Bonchev–Trinajstić information content (AvgIpc) is 2.96. The summed E-state index contributed by atoms with van der Waals surface area (Å²) in [6, 6.07) is 0. The Kier molecular flexibility index (Phi) is 3.45. The second-order valence-corrected chi connectivity index (χ2v) is 4.70. The number of methoxy groups -OCH3 is 1. The summed E-state index contributed by atoms with van der Waals surface area (Å²) in [5.74, 6) is -0.113. The van der Waals surface area contributed by atoms with Crippen LogP contribution in [0.2, 0.25) is 0 Å². The minimum Gasteiger partial charge on any atom is -0.387 e. The Morgan fingerprint density at radius 3 is 2.90 bits per heavy atom. The Bertz CT molecular complexity index is 665. The molecule has 2 aromatic heterocycles. The Morgan fingerprint density at radius 2 is 2.19 bits per heavy atom. The van der Waals surface area contributed by atoms with Gasteiger partial charge in [0.15, 0.2) is 23.2 Å². The van der Waals surface area contributed by atoms with Gasteiger partial charge < -0.3 is 25.4 Å². The van der Waals surface area contributed by atoms with Gasteiger partial charge in [0, 0.05) is 7.11 Å². The standard InChI is InChI=1S/C11H14FN5O4/c1-20-2-4-6(18)7(19)10(21-4)17-3-14-5-8(13)15-11(12)16-9(5)17/h3-4,6-7,10,18-19H,2H2,1H3,(H2,13,15,16)/t4-,6-,7+,10-/m1/s1. The first-order valence-electron chi connectivity index (χ1n) is 6.19. The van der Waals surface area contributed by atoms with Crippen LogP contribution < -0.4 is 5.73 Å². The van der Waals surface area contributed by atoms with Crippen LogP contribution in [-0.2, 0) is 9.47 Å². The molecule has 3 heterocycles. The third-order valence-corrected chi connectivity index (χ3v) is 3.36. The van der Waals surface area contributed by atoms with Gasteiger partial charge in [-0.2, -0.15) is 14.4 Å². The van der Waals surface area contributed by atoms with Crippen molar-refractivity contribution in [2.45, 2.75) is 24.5 Å². The molecule has 0 amide bonds. The molecule has 114 valence electrons. The SMILES string of the molecule is COC[C@H]1O[C@@H](n2cnc3c(N)nc(F)nc32)[C@@H](O)[C@@H]1O. The number of imidazole rings is 1. The minimum atomic E-state index is -1.23. The topological polar surface area (TPSA) is 129 Å². The first kappa shape index (κ1) is 14.1. The molecule has 1 aliphatic rings. The van der Waals surface area contributed by atoms with E-state index in [-0.39, 0.29) is 23.6 Å². The number of aliphatic hydroxyl groups excluding tert-OH is 2.